The number of hydrogen-bond acceptors (Lipinski definition) is 2. The Balaban J connectivity index is 2.12. The molecule has 1 aromatic carbocycles. The van der Waals surface area contributed by atoms with Gasteiger partial charge >= 0.3 is 0 Å². The average molecular weight is 173 g/mol. The van der Waals surface area contributed by atoms with Crippen molar-refractivity contribution in [2.75, 3.05) is 13.2 Å². The number of allylic oxidation sites excluding steroid dienone is 1. The number of fused-ring (bicyclic) bond motifs is 2. The van der Waals surface area contributed by atoms with Crippen molar-refractivity contribution >= 4 is 5.70 Å². The SMILES string of the molecule is c1ccc2c(c1)CC1=C2NCCO1. The van der Waals surface area contributed by atoms with Gasteiger partial charge in [0.25, 0.3) is 0 Å². The Hall–Kier alpha value is -1.44. The van der Waals surface area contributed by atoms with Crippen LogP contribution in [0.4, 0.5) is 0 Å². The Labute approximate surface area is 77.2 Å². The fourth-order valence-corrected chi connectivity index (χ4v) is 2.00. The first-order chi connectivity index (χ1) is 6.45. The highest BCUT2D eigenvalue weighted by atomic mass is 16.5. The minimum Gasteiger partial charge on any atom is -0.494 e. The standard InChI is InChI=1S/C11H11NO/c1-2-4-9-8(3-1)7-10-11(9)12-5-6-13-10/h1-4,12H,5-7H2. The summed E-state index contributed by atoms with van der Waals surface area (Å²) in [5, 5.41) is 3.39. The Kier molecular flexibility index (Phi) is 1.36. The predicted octanol–water partition coefficient (Wildman–Crippen LogP) is 1.53. The largest absolute Gasteiger partial charge is 0.494 e. The molecule has 0 unspecified atom stereocenters. The molecule has 0 spiro atoms. The number of rotatable bonds is 0. The van der Waals surface area contributed by atoms with Crippen LogP contribution in [0, 0.1) is 0 Å². The second-order valence-electron chi connectivity index (χ2n) is 3.41. The van der Waals surface area contributed by atoms with Crippen LogP contribution in [0.15, 0.2) is 30.0 Å². The topological polar surface area (TPSA) is 21.3 Å². The first kappa shape index (κ1) is 7.01. The first-order valence-corrected chi connectivity index (χ1v) is 4.63. The lowest BCUT2D eigenvalue weighted by atomic mass is 10.1. The first-order valence-electron chi connectivity index (χ1n) is 4.63. The Morgan fingerprint density at radius 1 is 1.23 bits per heavy atom. The van der Waals surface area contributed by atoms with Crippen LogP contribution in [0.1, 0.15) is 11.1 Å². The molecule has 1 aliphatic heterocycles. The van der Waals surface area contributed by atoms with Gasteiger partial charge in [-0.05, 0) is 5.56 Å². The summed E-state index contributed by atoms with van der Waals surface area (Å²) >= 11 is 0. The molecule has 1 heterocycles. The number of benzene rings is 1. The maximum Gasteiger partial charge on any atom is 0.124 e. The highest BCUT2D eigenvalue weighted by Crippen LogP contribution is 2.32. The van der Waals surface area contributed by atoms with E-state index in [1.54, 1.807) is 0 Å². The lowest BCUT2D eigenvalue weighted by Crippen LogP contribution is -2.23. The van der Waals surface area contributed by atoms with E-state index in [4.69, 9.17) is 4.74 Å². The molecule has 1 aromatic rings. The molecule has 0 radical (unpaired) electrons. The van der Waals surface area contributed by atoms with Gasteiger partial charge in [-0.1, -0.05) is 24.3 Å². The average Bonchev–Trinajstić information content (AvgIpc) is 2.56. The van der Waals surface area contributed by atoms with Gasteiger partial charge in [0, 0.05) is 18.5 Å². The fraction of sp³-hybridized carbons (Fsp3) is 0.273. The maximum absolute atomic E-state index is 5.60. The van der Waals surface area contributed by atoms with Crippen molar-refractivity contribution < 1.29 is 4.74 Å². The normalized spacial score (nSPS) is 18.8. The van der Waals surface area contributed by atoms with Crippen LogP contribution < -0.4 is 5.32 Å². The van der Waals surface area contributed by atoms with Crippen molar-refractivity contribution in [2.24, 2.45) is 0 Å². The quantitative estimate of drug-likeness (QED) is 0.642. The third-order valence-electron chi connectivity index (χ3n) is 2.60. The van der Waals surface area contributed by atoms with E-state index in [2.05, 4.69) is 29.6 Å². The van der Waals surface area contributed by atoms with Gasteiger partial charge in [-0.2, -0.15) is 0 Å². The molecule has 2 heteroatoms. The van der Waals surface area contributed by atoms with Crippen molar-refractivity contribution in [3.05, 3.63) is 41.2 Å². The summed E-state index contributed by atoms with van der Waals surface area (Å²) in [6, 6.07) is 8.47. The van der Waals surface area contributed by atoms with E-state index in [0.29, 0.717) is 0 Å². The summed E-state index contributed by atoms with van der Waals surface area (Å²) in [7, 11) is 0. The van der Waals surface area contributed by atoms with Gasteiger partial charge in [-0.15, -0.1) is 0 Å². The number of nitrogens with one attached hydrogen (secondary N) is 1. The molecule has 1 N–H and O–H groups in total. The summed E-state index contributed by atoms with van der Waals surface area (Å²) in [6.07, 6.45) is 0.957. The number of hydrogen-bond donors (Lipinski definition) is 1. The third kappa shape index (κ3) is 0.949. The van der Waals surface area contributed by atoms with Crippen molar-refractivity contribution in [2.45, 2.75) is 6.42 Å². The molecule has 0 saturated heterocycles. The van der Waals surface area contributed by atoms with Gasteiger partial charge in [0.1, 0.15) is 12.4 Å². The Morgan fingerprint density at radius 2 is 2.15 bits per heavy atom. The van der Waals surface area contributed by atoms with Crippen LogP contribution in [0.2, 0.25) is 0 Å². The van der Waals surface area contributed by atoms with Gasteiger partial charge < -0.3 is 10.1 Å². The molecule has 0 bridgehead atoms. The predicted molar refractivity (Wildman–Crippen MR) is 51.0 cm³/mol. The zero-order chi connectivity index (χ0) is 8.67. The molecule has 1 aliphatic carbocycles. The molecule has 13 heavy (non-hydrogen) atoms. The van der Waals surface area contributed by atoms with Crippen LogP contribution in [0.5, 0.6) is 0 Å². The summed E-state index contributed by atoms with van der Waals surface area (Å²) in [5.74, 6) is 1.12. The minimum absolute atomic E-state index is 0.798. The lowest BCUT2D eigenvalue weighted by molar-refractivity contribution is 0.201. The Bertz CT molecular complexity index is 381. The minimum atomic E-state index is 0.798. The zero-order valence-corrected chi connectivity index (χ0v) is 7.34. The third-order valence-corrected chi connectivity index (χ3v) is 2.60. The fourth-order valence-electron chi connectivity index (χ4n) is 2.00. The molecular formula is C11H11NO. The smallest absolute Gasteiger partial charge is 0.124 e. The van der Waals surface area contributed by atoms with Crippen LogP contribution in [0.25, 0.3) is 5.70 Å². The van der Waals surface area contributed by atoms with Crippen LogP contribution >= 0.6 is 0 Å². The van der Waals surface area contributed by atoms with Crippen LogP contribution in [-0.4, -0.2) is 13.2 Å². The number of ether oxygens (including phenoxy) is 1. The van der Waals surface area contributed by atoms with Crippen molar-refractivity contribution in [3.8, 4) is 0 Å². The van der Waals surface area contributed by atoms with Crippen molar-refractivity contribution in [1.82, 2.24) is 5.32 Å². The summed E-state index contributed by atoms with van der Waals surface area (Å²) in [4.78, 5) is 0. The van der Waals surface area contributed by atoms with E-state index in [0.717, 1.165) is 25.3 Å². The van der Waals surface area contributed by atoms with Gasteiger partial charge in [0.2, 0.25) is 0 Å². The van der Waals surface area contributed by atoms with E-state index in [1.165, 1.54) is 16.8 Å². The lowest BCUT2D eigenvalue weighted by Gasteiger charge is -2.17. The summed E-state index contributed by atoms with van der Waals surface area (Å²) in [5.41, 5.74) is 3.90. The molecule has 0 saturated carbocycles. The van der Waals surface area contributed by atoms with Crippen molar-refractivity contribution in [1.29, 1.82) is 0 Å². The van der Waals surface area contributed by atoms with Gasteiger partial charge in [0.15, 0.2) is 0 Å². The highest BCUT2D eigenvalue weighted by Gasteiger charge is 2.24. The van der Waals surface area contributed by atoms with Crippen molar-refractivity contribution in [3.63, 3.8) is 0 Å². The zero-order valence-electron chi connectivity index (χ0n) is 7.34. The van der Waals surface area contributed by atoms with Gasteiger partial charge in [-0.3, -0.25) is 0 Å². The Morgan fingerprint density at radius 3 is 3.15 bits per heavy atom. The van der Waals surface area contributed by atoms with Crippen LogP contribution in [0.3, 0.4) is 0 Å². The summed E-state index contributed by atoms with van der Waals surface area (Å²) < 4.78 is 5.60. The monoisotopic (exact) mass is 173 g/mol. The molecule has 0 fully saturated rings. The molecule has 0 aromatic heterocycles. The van der Waals surface area contributed by atoms with Crippen LogP contribution in [-0.2, 0) is 11.2 Å². The molecular weight excluding hydrogens is 162 g/mol. The van der Waals surface area contributed by atoms with Gasteiger partial charge in [0.05, 0.1) is 5.70 Å². The molecule has 0 atom stereocenters. The van der Waals surface area contributed by atoms with E-state index in [9.17, 15) is 0 Å². The maximum atomic E-state index is 5.60. The second-order valence-corrected chi connectivity index (χ2v) is 3.41. The summed E-state index contributed by atoms with van der Waals surface area (Å²) in [6.45, 7) is 1.72. The van der Waals surface area contributed by atoms with E-state index >= 15 is 0 Å². The highest BCUT2D eigenvalue weighted by molar-refractivity contribution is 5.74. The van der Waals surface area contributed by atoms with E-state index in [1.807, 2.05) is 0 Å². The van der Waals surface area contributed by atoms with E-state index < -0.39 is 0 Å². The molecule has 2 aliphatic rings. The molecule has 66 valence electrons. The second kappa shape index (κ2) is 2.52. The molecule has 0 amide bonds. The molecule has 2 nitrogen and oxygen atoms in total. The van der Waals surface area contributed by atoms with E-state index in [-0.39, 0.29) is 0 Å². The van der Waals surface area contributed by atoms with Gasteiger partial charge in [-0.25, -0.2) is 0 Å². The molecule has 3 rings (SSSR count).